The molecule has 0 unspecified atom stereocenters. The zero-order valence-electron chi connectivity index (χ0n) is 11.5. The first-order chi connectivity index (χ1) is 9.10. The highest BCUT2D eigenvalue weighted by Crippen LogP contribution is 2.25. The average molecular weight is 282 g/mol. The van der Waals surface area contributed by atoms with Crippen LogP contribution in [0.4, 0.5) is 0 Å². The van der Waals surface area contributed by atoms with Crippen LogP contribution < -0.4 is 4.74 Å². The fourth-order valence-electron chi connectivity index (χ4n) is 2.35. The van der Waals surface area contributed by atoms with E-state index in [-0.39, 0.29) is 5.78 Å². The highest BCUT2D eigenvalue weighted by atomic mass is 35.5. The predicted octanol–water partition coefficient (Wildman–Crippen LogP) is 3.26. The second-order valence-electron chi connectivity index (χ2n) is 5.23. The van der Waals surface area contributed by atoms with Crippen molar-refractivity contribution in [3.05, 3.63) is 28.8 Å². The number of ketones is 1. The van der Waals surface area contributed by atoms with Gasteiger partial charge in [-0.15, -0.1) is 0 Å². The zero-order valence-corrected chi connectivity index (χ0v) is 12.2. The van der Waals surface area contributed by atoms with Crippen LogP contribution in [0.15, 0.2) is 18.2 Å². The van der Waals surface area contributed by atoms with Crippen LogP contribution >= 0.6 is 11.6 Å². The van der Waals surface area contributed by atoms with E-state index < -0.39 is 0 Å². The summed E-state index contributed by atoms with van der Waals surface area (Å²) < 4.78 is 5.09. The van der Waals surface area contributed by atoms with Gasteiger partial charge in [0.15, 0.2) is 5.78 Å². The number of likely N-dealkylation sites (tertiary alicyclic amines) is 1. The Hall–Kier alpha value is -1.06. The van der Waals surface area contributed by atoms with Gasteiger partial charge >= 0.3 is 0 Å². The second kappa shape index (κ2) is 6.40. The summed E-state index contributed by atoms with van der Waals surface area (Å²) in [5.41, 5.74) is 0.657. The number of benzene rings is 1. The number of piperidine rings is 1. The van der Waals surface area contributed by atoms with E-state index >= 15 is 0 Å². The van der Waals surface area contributed by atoms with E-state index in [0.717, 1.165) is 19.0 Å². The third-order valence-electron chi connectivity index (χ3n) is 3.72. The van der Waals surface area contributed by atoms with Crippen LogP contribution in [-0.4, -0.2) is 37.4 Å². The molecule has 0 bridgehead atoms. The molecule has 3 nitrogen and oxygen atoms in total. The highest BCUT2D eigenvalue weighted by molar-refractivity contribution is 6.32. The predicted molar refractivity (Wildman–Crippen MR) is 77.2 cm³/mol. The number of ether oxygens (including phenoxy) is 1. The smallest absolute Gasteiger partial charge is 0.176 e. The largest absolute Gasteiger partial charge is 0.495 e. The molecule has 1 heterocycles. The molecular formula is C15H20ClNO2. The van der Waals surface area contributed by atoms with E-state index in [1.165, 1.54) is 12.8 Å². The van der Waals surface area contributed by atoms with E-state index in [1.807, 2.05) is 0 Å². The maximum Gasteiger partial charge on any atom is 0.176 e. The average Bonchev–Trinajstić information content (AvgIpc) is 2.41. The summed E-state index contributed by atoms with van der Waals surface area (Å²) in [7, 11) is 1.57. The number of methoxy groups -OCH3 is 1. The van der Waals surface area contributed by atoms with Crippen molar-refractivity contribution in [1.29, 1.82) is 0 Å². The van der Waals surface area contributed by atoms with Crippen LogP contribution in [0.5, 0.6) is 5.75 Å². The van der Waals surface area contributed by atoms with Gasteiger partial charge < -0.3 is 4.74 Å². The first-order valence-corrected chi connectivity index (χ1v) is 7.07. The number of rotatable bonds is 4. The summed E-state index contributed by atoms with van der Waals surface area (Å²) in [6, 6.07) is 5.21. The first-order valence-electron chi connectivity index (χ1n) is 6.69. The van der Waals surface area contributed by atoms with Crippen molar-refractivity contribution in [2.75, 3.05) is 26.7 Å². The summed E-state index contributed by atoms with van der Waals surface area (Å²) >= 11 is 6.04. The van der Waals surface area contributed by atoms with Gasteiger partial charge in [0.05, 0.1) is 18.7 Å². The van der Waals surface area contributed by atoms with E-state index in [0.29, 0.717) is 22.9 Å². The molecule has 0 aliphatic carbocycles. The molecule has 2 rings (SSSR count). The summed E-state index contributed by atoms with van der Waals surface area (Å²) in [6.07, 6.45) is 2.35. The zero-order chi connectivity index (χ0) is 13.8. The van der Waals surface area contributed by atoms with Gasteiger partial charge in [0, 0.05) is 5.56 Å². The molecule has 0 atom stereocenters. The van der Waals surface area contributed by atoms with Gasteiger partial charge in [-0.1, -0.05) is 18.5 Å². The standard InChI is InChI=1S/C15H20ClNO2/c1-11-5-7-17(8-6-11)10-14(18)12-3-4-15(19-2)13(16)9-12/h3-4,9,11H,5-8,10H2,1-2H3. The number of halogens is 1. The fourth-order valence-corrected chi connectivity index (χ4v) is 2.61. The Labute approximate surface area is 119 Å². The van der Waals surface area contributed by atoms with Crippen molar-refractivity contribution in [3.8, 4) is 5.75 Å². The molecule has 1 aliphatic heterocycles. The number of hydrogen-bond donors (Lipinski definition) is 0. The first kappa shape index (κ1) is 14.4. The molecule has 0 radical (unpaired) electrons. The minimum absolute atomic E-state index is 0.124. The quantitative estimate of drug-likeness (QED) is 0.794. The Morgan fingerprint density at radius 3 is 2.68 bits per heavy atom. The van der Waals surface area contributed by atoms with E-state index in [9.17, 15) is 4.79 Å². The Balaban J connectivity index is 1.98. The molecule has 4 heteroatoms. The van der Waals surface area contributed by atoms with Gasteiger partial charge in [0.2, 0.25) is 0 Å². The lowest BCUT2D eigenvalue weighted by atomic mass is 9.99. The number of hydrogen-bond acceptors (Lipinski definition) is 3. The third kappa shape index (κ3) is 3.71. The second-order valence-corrected chi connectivity index (χ2v) is 5.64. The molecule has 0 saturated carbocycles. The highest BCUT2D eigenvalue weighted by Gasteiger charge is 2.19. The molecule has 1 aromatic rings. The molecule has 1 fully saturated rings. The summed E-state index contributed by atoms with van der Waals surface area (Å²) in [4.78, 5) is 14.4. The Morgan fingerprint density at radius 2 is 2.11 bits per heavy atom. The molecule has 1 saturated heterocycles. The molecule has 0 aromatic heterocycles. The van der Waals surface area contributed by atoms with Gasteiger partial charge in [-0.3, -0.25) is 9.69 Å². The van der Waals surface area contributed by atoms with Crippen LogP contribution in [0.3, 0.4) is 0 Å². The van der Waals surface area contributed by atoms with Crippen molar-refractivity contribution in [2.45, 2.75) is 19.8 Å². The number of carbonyl (C=O) groups excluding carboxylic acids is 1. The van der Waals surface area contributed by atoms with Gasteiger partial charge in [-0.25, -0.2) is 0 Å². The third-order valence-corrected chi connectivity index (χ3v) is 4.01. The van der Waals surface area contributed by atoms with Crippen LogP contribution in [-0.2, 0) is 0 Å². The SMILES string of the molecule is COc1ccc(C(=O)CN2CCC(C)CC2)cc1Cl. The molecule has 19 heavy (non-hydrogen) atoms. The maximum absolute atomic E-state index is 12.2. The van der Waals surface area contributed by atoms with Crippen LogP contribution in [0, 0.1) is 5.92 Å². The minimum atomic E-state index is 0.124. The lowest BCUT2D eigenvalue weighted by Gasteiger charge is -2.29. The Kier molecular flexibility index (Phi) is 4.83. The Morgan fingerprint density at radius 1 is 1.42 bits per heavy atom. The van der Waals surface area contributed by atoms with Crippen molar-refractivity contribution in [3.63, 3.8) is 0 Å². The van der Waals surface area contributed by atoms with Gasteiger partial charge in [0.1, 0.15) is 5.75 Å². The fraction of sp³-hybridized carbons (Fsp3) is 0.533. The van der Waals surface area contributed by atoms with E-state index in [2.05, 4.69) is 11.8 Å². The Bertz CT molecular complexity index is 453. The lowest BCUT2D eigenvalue weighted by molar-refractivity contribution is 0.0900. The normalized spacial score (nSPS) is 17.4. The van der Waals surface area contributed by atoms with E-state index in [4.69, 9.17) is 16.3 Å². The monoisotopic (exact) mass is 281 g/mol. The van der Waals surface area contributed by atoms with Crippen molar-refractivity contribution in [1.82, 2.24) is 4.90 Å². The van der Waals surface area contributed by atoms with Gasteiger partial charge in [-0.2, -0.15) is 0 Å². The van der Waals surface area contributed by atoms with Crippen LogP contribution in [0.25, 0.3) is 0 Å². The number of nitrogens with zero attached hydrogens (tertiary/aromatic N) is 1. The van der Waals surface area contributed by atoms with Crippen molar-refractivity contribution < 1.29 is 9.53 Å². The van der Waals surface area contributed by atoms with Crippen LogP contribution in [0.2, 0.25) is 5.02 Å². The minimum Gasteiger partial charge on any atom is -0.495 e. The number of Topliss-reactive ketones (excluding diaryl/α,β-unsaturated/α-hetero) is 1. The summed E-state index contributed by atoms with van der Waals surface area (Å²) in [5.74, 6) is 1.51. The van der Waals surface area contributed by atoms with E-state index in [1.54, 1.807) is 25.3 Å². The molecule has 0 N–H and O–H groups in total. The van der Waals surface area contributed by atoms with Gasteiger partial charge in [-0.05, 0) is 50.0 Å². The van der Waals surface area contributed by atoms with Gasteiger partial charge in [0.25, 0.3) is 0 Å². The molecule has 104 valence electrons. The maximum atomic E-state index is 12.2. The topological polar surface area (TPSA) is 29.5 Å². The van der Waals surface area contributed by atoms with Crippen molar-refractivity contribution >= 4 is 17.4 Å². The summed E-state index contributed by atoms with van der Waals surface area (Å²) in [6.45, 7) is 4.77. The summed E-state index contributed by atoms with van der Waals surface area (Å²) in [5, 5.41) is 0.487. The molecule has 0 amide bonds. The van der Waals surface area contributed by atoms with Crippen LogP contribution in [0.1, 0.15) is 30.1 Å². The lowest BCUT2D eigenvalue weighted by Crippen LogP contribution is -2.36. The number of carbonyl (C=O) groups is 1. The molecule has 0 spiro atoms. The van der Waals surface area contributed by atoms with Crippen molar-refractivity contribution in [2.24, 2.45) is 5.92 Å². The molecular weight excluding hydrogens is 262 g/mol. The molecule has 1 aromatic carbocycles. The molecule has 1 aliphatic rings.